The van der Waals surface area contributed by atoms with Crippen molar-refractivity contribution in [2.24, 2.45) is 0 Å². The zero-order valence-electron chi connectivity index (χ0n) is 15.4. The van der Waals surface area contributed by atoms with Crippen molar-refractivity contribution in [1.29, 1.82) is 0 Å². The number of nitrogen functional groups attached to an aromatic ring is 2. The lowest BCUT2D eigenvalue weighted by atomic mass is 10.1. The van der Waals surface area contributed by atoms with Crippen molar-refractivity contribution in [2.75, 3.05) is 23.3 Å². The molecule has 1 heterocycles. The van der Waals surface area contributed by atoms with Gasteiger partial charge in [-0.1, -0.05) is 24.3 Å². The van der Waals surface area contributed by atoms with Gasteiger partial charge in [-0.2, -0.15) is 0 Å². The molecule has 0 unspecified atom stereocenters. The van der Waals surface area contributed by atoms with Crippen molar-refractivity contribution < 1.29 is 14.4 Å². The Kier molecular flexibility index (Phi) is 5.84. The van der Waals surface area contributed by atoms with Crippen LogP contribution in [0.2, 0.25) is 0 Å². The monoisotopic (exact) mass is 389 g/mol. The number of para-hydroxylation sites is 2. The molecule has 0 saturated heterocycles. The lowest BCUT2D eigenvalue weighted by molar-refractivity contribution is 0.0904. The van der Waals surface area contributed by atoms with Crippen molar-refractivity contribution in [3.8, 4) is 0 Å². The van der Waals surface area contributed by atoms with E-state index in [1.54, 1.807) is 24.3 Å². The molecule has 0 bridgehead atoms. The number of benzene rings is 2. The third kappa shape index (κ3) is 4.95. The molecule has 0 aliphatic carbocycles. The number of nitrogens with zero attached hydrogens (tertiary/aromatic N) is 1. The summed E-state index contributed by atoms with van der Waals surface area (Å²) < 4.78 is 0. The van der Waals surface area contributed by atoms with E-state index in [4.69, 9.17) is 11.5 Å². The Balaban J connectivity index is 1.59. The molecule has 0 atom stereocenters. The highest BCUT2D eigenvalue weighted by Gasteiger charge is 2.12. The van der Waals surface area contributed by atoms with Crippen LogP contribution in [0.3, 0.4) is 0 Å². The number of rotatable bonds is 6. The number of nitrogens with one attached hydrogen (secondary N) is 2. The summed E-state index contributed by atoms with van der Waals surface area (Å²) in [5, 5.41) is 5.25. The number of hydrogen-bond donors (Lipinski definition) is 4. The van der Waals surface area contributed by atoms with E-state index in [9.17, 15) is 14.4 Å². The summed E-state index contributed by atoms with van der Waals surface area (Å²) in [6, 6.07) is 16.0. The molecular weight excluding hydrogens is 370 g/mol. The molecule has 0 saturated carbocycles. The van der Waals surface area contributed by atoms with E-state index in [0.29, 0.717) is 28.1 Å². The van der Waals surface area contributed by atoms with Crippen molar-refractivity contribution >= 4 is 34.8 Å². The molecule has 29 heavy (non-hydrogen) atoms. The fourth-order valence-corrected chi connectivity index (χ4v) is 2.57. The molecule has 8 heteroatoms. The van der Waals surface area contributed by atoms with Gasteiger partial charge in [-0.3, -0.25) is 14.4 Å². The van der Waals surface area contributed by atoms with Crippen LogP contribution >= 0.6 is 0 Å². The van der Waals surface area contributed by atoms with Gasteiger partial charge in [0.2, 0.25) is 0 Å². The van der Waals surface area contributed by atoms with E-state index >= 15 is 0 Å². The van der Waals surface area contributed by atoms with Gasteiger partial charge in [0.25, 0.3) is 11.8 Å². The number of anilines is 3. The highest BCUT2D eigenvalue weighted by Crippen LogP contribution is 2.18. The lowest BCUT2D eigenvalue weighted by Crippen LogP contribution is -2.29. The minimum atomic E-state index is -0.427. The Bertz CT molecular complexity index is 1060. The maximum absolute atomic E-state index is 12.3. The zero-order chi connectivity index (χ0) is 20.8. The molecular formula is C21H19N5O3. The number of amides is 2. The van der Waals surface area contributed by atoms with Gasteiger partial charge in [-0.25, -0.2) is 4.98 Å². The normalized spacial score (nSPS) is 10.2. The van der Waals surface area contributed by atoms with Crippen LogP contribution in [0.5, 0.6) is 0 Å². The summed E-state index contributed by atoms with van der Waals surface area (Å²) in [5.41, 5.74) is 13.4. The number of Topliss-reactive ketones (excluding diaryl/α,β-unsaturated/α-hetero) is 1. The summed E-state index contributed by atoms with van der Waals surface area (Å²) in [4.78, 5) is 40.5. The van der Waals surface area contributed by atoms with Crippen LogP contribution < -0.4 is 22.1 Å². The first-order valence-electron chi connectivity index (χ1n) is 8.73. The van der Waals surface area contributed by atoms with E-state index in [1.165, 1.54) is 42.6 Å². The minimum Gasteiger partial charge on any atom is -0.397 e. The molecule has 1 aromatic heterocycles. The van der Waals surface area contributed by atoms with E-state index < -0.39 is 5.91 Å². The average Bonchev–Trinajstić information content (AvgIpc) is 2.73. The summed E-state index contributed by atoms with van der Waals surface area (Å²) in [6.07, 6.45) is 1.42. The number of carbonyl (C=O) groups is 3. The number of carbonyl (C=O) groups excluding carboxylic acids is 3. The SMILES string of the molecule is Nc1cc(C(=O)NCC(=O)c2ccc(C(=O)Nc3ccccc3N)cc2)ccn1. The number of ketones is 1. The molecule has 2 aromatic carbocycles. The Hall–Kier alpha value is -4.20. The van der Waals surface area contributed by atoms with Crippen molar-refractivity contribution in [3.63, 3.8) is 0 Å². The van der Waals surface area contributed by atoms with Crippen LogP contribution in [-0.2, 0) is 0 Å². The van der Waals surface area contributed by atoms with E-state index in [-0.39, 0.29) is 24.1 Å². The molecule has 8 nitrogen and oxygen atoms in total. The molecule has 6 N–H and O–H groups in total. The Labute approximate surface area is 166 Å². The average molecular weight is 389 g/mol. The van der Waals surface area contributed by atoms with Gasteiger partial charge in [-0.05, 0) is 36.4 Å². The predicted molar refractivity (Wildman–Crippen MR) is 111 cm³/mol. The summed E-state index contributed by atoms with van der Waals surface area (Å²) in [6.45, 7) is -0.187. The van der Waals surface area contributed by atoms with Crippen molar-refractivity contribution in [2.45, 2.75) is 0 Å². The third-order valence-corrected chi connectivity index (χ3v) is 4.13. The minimum absolute atomic E-state index is 0.187. The summed E-state index contributed by atoms with van der Waals surface area (Å²) in [7, 11) is 0. The van der Waals surface area contributed by atoms with Gasteiger partial charge in [0, 0.05) is 22.9 Å². The Morgan fingerprint density at radius 3 is 2.21 bits per heavy atom. The lowest BCUT2D eigenvalue weighted by Gasteiger charge is -2.09. The molecule has 0 aliphatic rings. The second-order valence-corrected chi connectivity index (χ2v) is 6.19. The van der Waals surface area contributed by atoms with Crippen LogP contribution in [0, 0.1) is 0 Å². The summed E-state index contributed by atoms with van der Waals surface area (Å²) >= 11 is 0. The van der Waals surface area contributed by atoms with E-state index in [1.807, 2.05) is 0 Å². The first-order valence-corrected chi connectivity index (χ1v) is 8.73. The molecule has 146 valence electrons. The molecule has 3 aromatic rings. The highest BCUT2D eigenvalue weighted by molar-refractivity contribution is 6.07. The quantitative estimate of drug-likeness (QED) is 0.376. The van der Waals surface area contributed by atoms with Crippen LogP contribution in [0.4, 0.5) is 17.2 Å². The third-order valence-electron chi connectivity index (χ3n) is 4.13. The summed E-state index contributed by atoms with van der Waals surface area (Å²) in [5.74, 6) is -0.843. The van der Waals surface area contributed by atoms with Gasteiger partial charge in [0.15, 0.2) is 5.78 Å². The molecule has 3 rings (SSSR count). The van der Waals surface area contributed by atoms with Crippen LogP contribution in [0.15, 0.2) is 66.9 Å². The highest BCUT2D eigenvalue weighted by atomic mass is 16.2. The van der Waals surface area contributed by atoms with Crippen molar-refractivity contribution in [1.82, 2.24) is 10.3 Å². The molecule has 2 amide bonds. The number of aromatic nitrogens is 1. The fourth-order valence-electron chi connectivity index (χ4n) is 2.57. The van der Waals surface area contributed by atoms with Gasteiger partial charge in [0.1, 0.15) is 5.82 Å². The first kappa shape index (κ1) is 19.6. The Morgan fingerprint density at radius 1 is 0.828 bits per heavy atom. The van der Waals surface area contributed by atoms with Crippen LogP contribution in [-0.4, -0.2) is 29.1 Å². The number of nitrogens with two attached hydrogens (primary N) is 2. The second kappa shape index (κ2) is 8.66. The molecule has 0 radical (unpaired) electrons. The number of hydrogen-bond acceptors (Lipinski definition) is 6. The van der Waals surface area contributed by atoms with Crippen molar-refractivity contribution in [3.05, 3.63) is 83.6 Å². The van der Waals surface area contributed by atoms with Crippen LogP contribution in [0.25, 0.3) is 0 Å². The van der Waals surface area contributed by atoms with Gasteiger partial charge < -0.3 is 22.1 Å². The molecule has 0 fully saturated rings. The predicted octanol–water partition coefficient (Wildman–Crippen LogP) is 2.11. The largest absolute Gasteiger partial charge is 0.397 e. The Morgan fingerprint density at radius 2 is 1.52 bits per heavy atom. The van der Waals surface area contributed by atoms with E-state index in [0.717, 1.165) is 0 Å². The topological polar surface area (TPSA) is 140 Å². The maximum atomic E-state index is 12.3. The fraction of sp³-hybridized carbons (Fsp3) is 0.0476. The van der Waals surface area contributed by atoms with Gasteiger partial charge in [-0.15, -0.1) is 0 Å². The first-order chi connectivity index (χ1) is 13.9. The zero-order valence-corrected chi connectivity index (χ0v) is 15.4. The van der Waals surface area contributed by atoms with E-state index in [2.05, 4.69) is 15.6 Å². The second-order valence-electron chi connectivity index (χ2n) is 6.19. The van der Waals surface area contributed by atoms with Crippen LogP contribution in [0.1, 0.15) is 31.1 Å². The maximum Gasteiger partial charge on any atom is 0.255 e. The standard InChI is InChI=1S/C21H19N5O3/c22-16-3-1-2-4-17(16)26-21(29)14-7-5-13(6-8-14)18(27)12-25-20(28)15-9-10-24-19(23)11-15/h1-11H,12,22H2,(H2,23,24)(H,25,28)(H,26,29). The van der Waals surface area contributed by atoms with Gasteiger partial charge >= 0.3 is 0 Å². The molecule has 0 aliphatic heterocycles. The van der Waals surface area contributed by atoms with Gasteiger partial charge in [0.05, 0.1) is 17.9 Å². The molecule has 0 spiro atoms. The number of pyridine rings is 1. The smallest absolute Gasteiger partial charge is 0.255 e.